The number of esters is 3. The van der Waals surface area contributed by atoms with Crippen LogP contribution in [0.3, 0.4) is 0 Å². The van der Waals surface area contributed by atoms with Crippen LogP contribution in [0.25, 0.3) is 0 Å². The van der Waals surface area contributed by atoms with Gasteiger partial charge >= 0.3 is 24.0 Å². The lowest BCUT2D eigenvalue weighted by molar-refractivity contribution is -0.296. The van der Waals surface area contributed by atoms with Crippen molar-refractivity contribution in [2.45, 2.75) is 134 Å². The smallest absolute Gasteiger partial charge is 0.408 e. The van der Waals surface area contributed by atoms with Gasteiger partial charge in [0.2, 0.25) is 0 Å². The molecule has 0 aliphatic heterocycles. The van der Waals surface area contributed by atoms with Gasteiger partial charge in [-0.05, 0) is 82.7 Å². The number of hydrogen-bond acceptors (Lipinski definition) is 13. The summed E-state index contributed by atoms with van der Waals surface area (Å²) >= 11 is 0. The molecule has 0 saturated heterocycles. The zero-order chi connectivity index (χ0) is 42.7. The van der Waals surface area contributed by atoms with E-state index in [0.717, 1.165) is 0 Å². The monoisotopic (exact) mass is 805 g/mol. The zero-order valence-corrected chi connectivity index (χ0v) is 34.2. The Morgan fingerprint density at radius 2 is 1.53 bits per heavy atom. The molecule has 2 bridgehead atoms. The highest BCUT2D eigenvalue weighted by Gasteiger charge is 2.77. The average molecular weight is 806 g/mol. The molecular formula is C44H55NO13. The third-order valence-corrected chi connectivity index (χ3v) is 13.2. The van der Waals surface area contributed by atoms with E-state index in [2.05, 4.69) is 5.32 Å². The zero-order valence-electron chi connectivity index (χ0n) is 34.2. The van der Waals surface area contributed by atoms with Gasteiger partial charge in [0.05, 0.1) is 29.0 Å². The molecule has 3 saturated carbocycles. The van der Waals surface area contributed by atoms with Crippen LogP contribution in [-0.4, -0.2) is 97.5 Å². The predicted octanol–water partition coefficient (Wildman–Crippen LogP) is 4.27. The minimum absolute atomic E-state index is 0.0325. The first kappa shape index (κ1) is 43.0. The highest BCUT2D eigenvalue weighted by atomic mass is 16.6. The topological polar surface area (TPSA) is 215 Å². The van der Waals surface area contributed by atoms with Crippen LogP contribution in [-0.2, 0) is 33.3 Å². The summed E-state index contributed by atoms with van der Waals surface area (Å²) in [5, 5.41) is 51.7. The standard InChI is InChI=1S/C44H55NO13/c1-23-28(55-38(52)33(49)31(25-15-11-9-12-16-25)45-39(53)58-40(3,4)5)22-44(54)36(56-37(51)26-17-13-10-14-18-26)34-42(8,35(50)32(48)30(23)41(44,6)7)29(47)21-27-19-20-43(27,34)57-24(2)46/h9-18,27-29,31-34,36,47-49,54H,19-22H2,1-8H3,(H,45,53)/t27-,28+,29+,31+,32-,33-,34?,36?,42-,43+,44-/m1/s1. The Balaban J connectivity index is 1.49. The number of ether oxygens (including phenoxy) is 4. The number of aliphatic hydroxyl groups is 4. The van der Waals surface area contributed by atoms with Crippen LogP contribution in [0.1, 0.15) is 103 Å². The van der Waals surface area contributed by atoms with Gasteiger partial charge in [-0.25, -0.2) is 14.4 Å². The Hall–Kier alpha value is -4.63. The fraction of sp³-hybridized carbons (Fsp3) is 0.568. The summed E-state index contributed by atoms with van der Waals surface area (Å²) in [7, 11) is 0. The fourth-order valence-corrected chi connectivity index (χ4v) is 10.1. The lowest BCUT2D eigenvalue weighted by atomic mass is 9.41. The molecular weight excluding hydrogens is 750 g/mol. The normalized spacial score (nSPS) is 33.7. The molecule has 314 valence electrons. The largest absolute Gasteiger partial charge is 0.458 e. The molecule has 4 aliphatic rings. The van der Waals surface area contributed by atoms with Crippen LogP contribution in [0.2, 0.25) is 0 Å². The van der Waals surface area contributed by atoms with Crippen LogP contribution in [0.5, 0.6) is 0 Å². The number of carbonyl (C=O) groups is 5. The first-order chi connectivity index (χ1) is 27.0. The number of carbonyl (C=O) groups excluding carboxylic acids is 5. The Bertz CT molecular complexity index is 1970. The first-order valence-corrected chi connectivity index (χ1v) is 19.7. The average Bonchev–Trinajstić information content (AvgIpc) is 3.14. The number of alkyl carbamates (subject to hydrolysis) is 1. The molecule has 0 aromatic heterocycles. The van der Waals surface area contributed by atoms with Gasteiger partial charge in [-0.15, -0.1) is 0 Å². The van der Waals surface area contributed by atoms with Gasteiger partial charge < -0.3 is 44.7 Å². The van der Waals surface area contributed by atoms with E-state index in [0.29, 0.717) is 12.0 Å². The number of fused-ring (bicyclic) bond motifs is 5. The quantitative estimate of drug-likeness (QED) is 0.143. The molecule has 6 rings (SSSR count). The summed E-state index contributed by atoms with van der Waals surface area (Å²) < 4.78 is 23.9. The number of benzene rings is 2. The molecule has 5 N–H and O–H groups in total. The number of Topliss-reactive ketones (excluding diaryl/α,β-unsaturated/α-hetero) is 1. The molecule has 0 radical (unpaired) electrons. The van der Waals surface area contributed by atoms with Crippen molar-refractivity contribution in [2.24, 2.45) is 22.7 Å². The van der Waals surface area contributed by atoms with Crippen LogP contribution in [0.15, 0.2) is 71.8 Å². The molecule has 2 unspecified atom stereocenters. The third kappa shape index (κ3) is 7.11. The van der Waals surface area contributed by atoms with E-state index < -0.39 is 112 Å². The molecule has 14 nitrogen and oxygen atoms in total. The number of rotatable bonds is 8. The van der Waals surface area contributed by atoms with Crippen molar-refractivity contribution in [3.8, 4) is 0 Å². The first-order valence-electron chi connectivity index (χ1n) is 19.7. The second-order valence-electron chi connectivity index (χ2n) is 18.0. The van der Waals surface area contributed by atoms with Crippen molar-refractivity contribution in [1.82, 2.24) is 5.32 Å². The summed E-state index contributed by atoms with van der Waals surface area (Å²) in [5.41, 5.74) is -7.63. The van der Waals surface area contributed by atoms with E-state index in [4.69, 9.17) is 18.9 Å². The molecule has 2 aromatic rings. The van der Waals surface area contributed by atoms with Crippen molar-refractivity contribution < 1.29 is 63.3 Å². The third-order valence-electron chi connectivity index (χ3n) is 13.2. The van der Waals surface area contributed by atoms with E-state index >= 15 is 0 Å². The van der Waals surface area contributed by atoms with Gasteiger partial charge in [-0.1, -0.05) is 62.4 Å². The number of nitrogens with one attached hydrogen (secondary N) is 1. The minimum Gasteiger partial charge on any atom is -0.458 e. The van der Waals surface area contributed by atoms with E-state index in [9.17, 15) is 44.4 Å². The Kier molecular flexibility index (Phi) is 11.3. The molecule has 4 aliphatic carbocycles. The second kappa shape index (κ2) is 15.2. The molecule has 0 heterocycles. The molecule has 0 spiro atoms. The van der Waals surface area contributed by atoms with E-state index in [1.165, 1.54) is 32.9 Å². The number of amides is 1. The van der Waals surface area contributed by atoms with Crippen LogP contribution in [0, 0.1) is 22.7 Å². The van der Waals surface area contributed by atoms with E-state index in [1.807, 2.05) is 0 Å². The predicted molar refractivity (Wildman–Crippen MR) is 207 cm³/mol. The van der Waals surface area contributed by atoms with Crippen LogP contribution in [0.4, 0.5) is 4.79 Å². The summed E-state index contributed by atoms with van der Waals surface area (Å²) in [6.45, 7) is 12.3. The second-order valence-corrected chi connectivity index (χ2v) is 18.0. The highest BCUT2D eigenvalue weighted by molar-refractivity contribution is 5.94. The van der Waals surface area contributed by atoms with Crippen molar-refractivity contribution in [2.75, 3.05) is 0 Å². The molecule has 1 amide bonds. The highest BCUT2D eigenvalue weighted by Crippen LogP contribution is 2.67. The van der Waals surface area contributed by atoms with Gasteiger partial charge in [0.25, 0.3) is 0 Å². The minimum atomic E-state index is -2.30. The van der Waals surface area contributed by atoms with Gasteiger partial charge in [-0.2, -0.15) is 0 Å². The van der Waals surface area contributed by atoms with Gasteiger partial charge in [-0.3, -0.25) is 9.59 Å². The molecule has 11 atom stereocenters. The maximum absolute atomic E-state index is 15.0. The molecule has 3 fully saturated rings. The summed E-state index contributed by atoms with van der Waals surface area (Å²) in [6, 6.07) is 14.8. The maximum Gasteiger partial charge on any atom is 0.408 e. The number of aliphatic hydroxyl groups excluding tert-OH is 3. The lowest BCUT2D eigenvalue weighted by Crippen LogP contribution is -2.78. The van der Waals surface area contributed by atoms with E-state index in [1.54, 1.807) is 83.1 Å². The van der Waals surface area contributed by atoms with Crippen LogP contribution >= 0.6 is 0 Å². The number of ketones is 1. The van der Waals surface area contributed by atoms with Crippen molar-refractivity contribution in [1.29, 1.82) is 0 Å². The van der Waals surface area contributed by atoms with Gasteiger partial charge in [0, 0.05) is 24.7 Å². The molecule has 2 aromatic carbocycles. The maximum atomic E-state index is 15.0. The van der Waals surface area contributed by atoms with Gasteiger partial charge in [0.1, 0.15) is 35.1 Å². The lowest BCUT2D eigenvalue weighted by Gasteiger charge is -2.68. The molecule has 58 heavy (non-hydrogen) atoms. The number of hydrogen-bond donors (Lipinski definition) is 5. The van der Waals surface area contributed by atoms with E-state index in [-0.39, 0.29) is 29.6 Å². The van der Waals surface area contributed by atoms with Gasteiger partial charge in [0.15, 0.2) is 11.9 Å². The SMILES string of the molecule is CC(=O)O[C@@]12CC[C@@H]1C[C@H](O)[C@@]1(C)C(=O)[C@H](O)C3=C(C)[C@@H](OC(=O)[C@H](O)[C@@H](NC(=O)OC(C)(C)C)c4ccccc4)C[C@@](O)(C(OC(=O)c4ccccc4)C12)C3(C)C. The Morgan fingerprint density at radius 1 is 0.931 bits per heavy atom. The summed E-state index contributed by atoms with van der Waals surface area (Å²) in [5.74, 6) is -5.53. The van der Waals surface area contributed by atoms with Crippen molar-refractivity contribution >= 4 is 29.8 Å². The van der Waals surface area contributed by atoms with Crippen molar-refractivity contribution in [3.05, 3.63) is 82.9 Å². The van der Waals surface area contributed by atoms with Crippen LogP contribution < -0.4 is 5.32 Å². The van der Waals surface area contributed by atoms with Crippen molar-refractivity contribution in [3.63, 3.8) is 0 Å². The summed E-state index contributed by atoms with van der Waals surface area (Å²) in [4.78, 5) is 69.1. The summed E-state index contributed by atoms with van der Waals surface area (Å²) in [6.07, 6.45) is -9.22. The fourth-order valence-electron chi connectivity index (χ4n) is 10.1. The Labute approximate surface area is 337 Å². The Morgan fingerprint density at radius 3 is 2.09 bits per heavy atom. The molecule has 14 heteroatoms.